The second-order valence-corrected chi connectivity index (χ2v) is 12.6. The summed E-state index contributed by atoms with van der Waals surface area (Å²) in [6, 6.07) is 3.19. The number of benzene rings is 1. The first-order valence-corrected chi connectivity index (χ1v) is 15.2. The van der Waals surface area contributed by atoms with Crippen molar-refractivity contribution in [3.63, 3.8) is 0 Å². The van der Waals surface area contributed by atoms with Crippen LogP contribution < -0.4 is 10.2 Å². The number of nitrogens with one attached hydrogen (secondary N) is 1. The van der Waals surface area contributed by atoms with Crippen LogP contribution in [-0.4, -0.2) is 91.3 Å². The number of nitrogens with zero attached hydrogens (tertiary/aromatic N) is 4. The summed E-state index contributed by atoms with van der Waals surface area (Å²) in [6.07, 6.45) is 3.67. The summed E-state index contributed by atoms with van der Waals surface area (Å²) in [7, 11) is 2.02. The number of alkyl halides is 2. The second kappa shape index (κ2) is 12.7. The highest BCUT2D eigenvalue weighted by Crippen LogP contribution is 2.38. The van der Waals surface area contributed by atoms with Gasteiger partial charge in [-0.3, -0.25) is 14.5 Å². The zero-order valence-corrected chi connectivity index (χ0v) is 25.6. The third kappa shape index (κ3) is 6.69. The van der Waals surface area contributed by atoms with Crippen LogP contribution in [0.25, 0.3) is 5.57 Å². The van der Waals surface area contributed by atoms with Crippen LogP contribution in [0.5, 0.6) is 0 Å². The molecule has 1 N–H and O–H groups in total. The fraction of sp³-hybridized carbons (Fsp3) is 0.562. The molecule has 1 aromatic carbocycles. The van der Waals surface area contributed by atoms with Gasteiger partial charge in [0.25, 0.3) is 12.3 Å². The highest BCUT2D eigenvalue weighted by molar-refractivity contribution is 6.11. The Morgan fingerprint density at radius 3 is 2.48 bits per heavy atom. The number of amides is 3. The fourth-order valence-corrected chi connectivity index (χ4v) is 6.25. The largest absolute Gasteiger partial charge is 0.443 e. The predicted octanol–water partition coefficient (Wildman–Crippen LogP) is 5.27. The van der Waals surface area contributed by atoms with Crippen LogP contribution in [0.15, 0.2) is 34.9 Å². The normalized spacial score (nSPS) is 25.6. The number of halogens is 3. The topological polar surface area (TPSA) is 94.5 Å². The molecule has 0 spiro atoms. The van der Waals surface area contributed by atoms with E-state index < -0.39 is 41.1 Å². The van der Waals surface area contributed by atoms with Crippen LogP contribution in [0.4, 0.5) is 29.3 Å². The fourth-order valence-electron chi connectivity index (χ4n) is 6.25. The maximum Gasteiger partial charge on any atom is 0.410 e. The van der Waals surface area contributed by atoms with Crippen molar-refractivity contribution in [2.45, 2.75) is 77.0 Å². The van der Waals surface area contributed by atoms with Gasteiger partial charge in [-0.15, -0.1) is 0 Å². The number of hydrogen-bond donors (Lipinski definition) is 1. The van der Waals surface area contributed by atoms with Gasteiger partial charge < -0.3 is 19.9 Å². The molecular weight excluding hydrogens is 575 g/mol. The van der Waals surface area contributed by atoms with Crippen LogP contribution in [0, 0.1) is 11.7 Å². The molecule has 4 aliphatic rings. The van der Waals surface area contributed by atoms with E-state index in [9.17, 15) is 23.2 Å². The van der Waals surface area contributed by atoms with Crippen molar-refractivity contribution in [1.82, 2.24) is 9.80 Å². The van der Waals surface area contributed by atoms with Crippen LogP contribution in [-0.2, 0) is 14.3 Å². The molecule has 2 fully saturated rings. The summed E-state index contributed by atoms with van der Waals surface area (Å²) in [6.45, 7) is 7.93. The lowest BCUT2D eigenvalue weighted by molar-refractivity contribution is -0.117. The van der Waals surface area contributed by atoms with Gasteiger partial charge in [0, 0.05) is 61.7 Å². The zero-order valence-electron chi connectivity index (χ0n) is 25.6. The highest BCUT2D eigenvalue weighted by atomic mass is 19.3. The summed E-state index contributed by atoms with van der Waals surface area (Å²) < 4.78 is 49.2. The minimum absolute atomic E-state index is 0.132. The molecule has 0 bridgehead atoms. The summed E-state index contributed by atoms with van der Waals surface area (Å²) >= 11 is 0. The lowest BCUT2D eigenvalue weighted by atomic mass is 9.82. The Morgan fingerprint density at radius 1 is 1.14 bits per heavy atom. The molecule has 3 heterocycles. The average molecular weight is 616 g/mol. The van der Waals surface area contributed by atoms with E-state index in [0.29, 0.717) is 56.4 Å². The van der Waals surface area contributed by atoms with Crippen LogP contribution in [0.2, 0.25) is 0 Å². The van der Waals surface area contributed by atoms with Gasteiger partial charge >= 0.3 is 6.09 Å². The van der Waals surface area contributed by atoms with Crippen molar-refractivity contribution < 1.29 is 32.3 Å². The molecule has 9 nitrogen and oxygen atoms in total. The molecule has 0 aromatic heterocycles. The number of anilines is 2. The molecule has 1 aliphatic carbocycles. The molecule has 1 saturated carbocycles. The van der Waals surface area contributed by atoms with Crippen LogP contribution in [0.3, 0.4) is 0 Å². The third-order valence-electron chi connectivity index (χ3n) is 9.37. The van der Waals surface area contributed by atoms with E-state index in [2.05, 4.69) is 29.1 Å². The predicted molar refractivity (Wildman–Crippen MR) is 163 cm³/mol. The van der Waals surface area contributed by atoms with E-state index in [1.54, 1.807) is 11.0 Å². The molecule has 3 atom stereocenters. The SMILES string of the molecule is C[C@@H]1CN(c2cc(F)c(C3=CCCN(C(=O)OC4(C)CCC4)CC3)cc2NC(=O)C2C=NC(=O)C=C2C(F)F)C[C@H](C)N1C. The Balaban J connectivity index is 1.43. The number of aliphatic imine (C=N–C) groups is 1. The summed E-state index contributed by atoms with van der Waals surface area (Å²) in [5, 5.41) is 2.76. The van der Waals surface area contributed by atoms with E-state index in [4.69, 9.17) is 4.74 Å². The van der Waals surface area contributed by atoms with E-state index in [-0.39, 0.29) is 29.4 Å². The molecule has 12 heteroatoms. The molecule has 5 rings (SSSR count). The number of likely N-dealkylation sites (N-methyl/N-ethyl adjacent to an activating group) is 1. The van der Waals surface area contributed by atoms with Crippen LogP contribution >= 0.6 is 0 Å². The number of hydrogen-bond acceptors (Lipinski definition) is 6. The standard InChI is InChI=1S/C32H40F3N5O4/c1-19-17-40(18-20(2)38(19)4)27-15-25(33)22(13-26(27)37-30(42)24-16-36-28(41)14-23(24)29(34)35)21-7-5-11-39(12-8-21)31(43)44-32(3)9-6-10-32/h7,13-16,19-20,24,29H,5-6,8-12,17-18H2,1-4H3,(H,37,42)/t19-,20+,24?. The minimum Gasteiger partial charge on any atom is -0.443 e. The first-order valence-electron chi connectivity index (χ1n) is 15.2. The van der Waals surface area contributed by atoms with Gasteiger partial charge in [0.1, 0.15) is 17.3 Å². The van der Waals surface area contributed by atoms with E-state index in [0.717, 1.165) is 25.5 Å². The van der Waals surface area contributed by atoms with Gasteiger partial charge in [0.2, 0.25) is 5.91 Å². The first-order chi connectivity index (χ1) is 20.8. The molecule has 1 unspecified atom stereocenters. The van der Waals surface area contributed by atoms with Gasteiger partial charge in [-0.2, -0.15) is 0 Å². The summed E-state index contributed by atoms with van der Waals surface area (Å²) in [5.74, 6) is -3.59. The van der Waals surface area contributed by atoms with Gasteiger partial charge in [0.05, 0.1) is 11.4 Å². The highest BCUT2D eigenvalue weighted by Gasteiger charge is 2.37. The van der Waals surface area contributed by atoms with Gasteiger partial charge in [-0.05, 0) is 77.6 Å². The second-order valence-electron chi connectivity index (χ2n) is 12.6. The number of ether oxygens (including phenoxy) is 1. The molecule has 44 heavy (non-hydrogen) atoms. The molecule has 0 radical (unpaired) electrons. The smallest absolute Gasteiger partial charge is 0.410 e. The van der Waals surface area contributed by atoms with E-state index in [1.807, 2.05) is 24.9 Å². The van der Waals surface area contributed by atoms with Gasteiger partial charge in [-0.1, -0.05) is 6.08 Å². The molecule has 3 amide bonds. The molecule has 238 valence electrons. The van der Waals surface area contributed by atoms with Gasteiger partial charge in [-0.25, -0.2) is 23.0 Å². The lowest BCUT2D eigenvalue weighted by Gasteiger charge is -2.44. The Hall–Kier alpha value is -3.67. The zero-order chi connectivity index (χ0) is 31.8. The molecular formula is C32H40F3N5O4. The number of dihydropyridines is 1. The van der Waals surface area contributed by atoms with Crippen molar-refractivity contribution in [2.75, 3.05) is 43.4 Å². The quantitative estimate of drug-likeness (QED) is 0.469. The van der Waals surface area contributed by atoms with E-state index in [1.165, 1.54) is 6.07 Å². The number of piperazine rings is 1. The van der Waals surface area contributed by atoms with Crippen molar-refractivity contribution in [1.29, 1.82) is 0 Å². The number of rotatable bonds is 6. The Morgan fingerprint density at radius 2 is 1.84 bits per heavy atom. The summed E-state index contributed by atoms with van der Waals surface area (Å²) in [4.78, 5) is 47.3. The molecule has 3 aliphatic heterocycles. The minimum atomic E-state index is -3.03. The van der Waals surface area contributed by atoms with Crippen LogP contribution in [0.1, 0.15) is 58.4 Å². The Labute approximate surface area is 255 Å². The number of carbonyl (C=O) groups excluding carboxylic acids is 3. The molecule has 1 aromatic rings. The third-order valence-corrected chi connectivity index (χ3v) is 9.37. The van der Waals surface area contributed by atoms with E-state index >= 15 is 4.39 Å². The summed E-state index contributed by atoms with van der Waals surface area (Å²) in [5.41, 5.74) is 0.579. The maximum absolute atomic E-state index is 15.9. The first kappa shape index (κ1) is 31.7. The Kier molecular flexibility index (Phi) is 9.20. The van der Waals surface area contributed by atoms with Crippen molar-refractivity contribution in [3.05, 3.63) is 41.2 Å². The van der Waals surface area contributed by atoms with Crippen molar-refractivity contribution in [3.8, 4) is 0 Å². The Bertz CT molecular complexity index is 1390. The van der Waals surface area contributed by atoms with Gasteiger partial charge in [0.15, 0.2) is 0 Å². The number of carbonyl (C=O) groups is 3. The van der Waals surface area contributed by atoms with Crippen molar-refractivity contribution >= 4 is 41.1 Å². The lowest BCUT2D eigenvalue weighted by Crippen LogP contribution is -2.55. The van der Waals surface area contributed by atoms with Crippen molar-refractivity contribution in [2.24, 2.45) is 10.9 Å². The maximum atomic E-state index is 15.9. The average Bonchev–Trinajstić information content (AvgIpc) is 3.22. The monoisotopic (exact) mass is 615 g/mol. The molecule has 1 saturated heterocycles.